The molecular formula is C22H22ClN3O3S. The smallest absolute Gasteiger partial charge is 0.245 e. The number of carbonyl (C=O) groups is 1. The number of sulfonamides is 1. The number of aryl methyl sites for hydroxylation is 1. The zero-order chi connectivity index (χ0) is 21.3. The fourth-order valence-electron chi connectivity index (χ4n) is 3.71. The molecule has 2 heterocycles. The van der Waals surface area contributed by atoms with E-state index in [9.17, 15) is 13.2 Å². The second-order valence-electron chi connectivity index (χ2n) is 7.49. The van der Waals surface area contributed by atoms with Crippen molar-refractivity contribution in [3.05, 3.63) is 65.3 Å². The molecule has 6 nitrogen and oxygen atoms in total. The zero-order valence-electron chi connectivity index (χ0n) is 16.5. The molecule has 1 aromatic heterocycles. The summed E-state index contributed by atoms with van der Waals surface area (Å²) in [7, 11) is -3.77. The first kappa shape index (κ1) is 20.8. The molecule has 1 aliphatic rings. The van der Waals surface area contributed by atoms with Gasteiger partial charge in [0, 0.05) is 35.4 Å². The number of anilines is 1. The van der Waals surface area contributed by atoms with Gasteiger partial charge in [0.2, 0.25) is 15.9 Å². The molecule has 2 aromatic carbocycles. The fraction of sp³-hybridized carbons (Fsp3) is 0.273. The van der Waals surface area contributed by atoms with Crippen LogP contribution in [0.15, 0.2) is 59.6 Å². The summed E-state index contributed by atoms with van der Waals surface area (Å²) >= 11 is 6.14. The van der Waals surface area contributed by atoms with Crippen molar-refractivity contribution in [2.75, 3.05) is 18.4 Å². The average molecular weight is 444 g/mol. The quantitative estimate of drug-likeness (QED) is 0.654. The van der Waals surface area contributed by atoms with Gasteiger partial charge in [-0.25, -0.2) is 8.42 Å². The normalized spacial score (nSPS) is 17.7. The summed E-state index contributed by atoms with van der Waals surface area (Å²) in [6.07, 6.45) is 2.83. The Morgan fingerprint density at radius 3 is 2.80 bits per heavy atom. The van der Waals surface area contributed by atoms with Gasteiger partial charge in [0.1, 0.15) is 4.90 Å². The van der Waals surface area contributed by atoms with E-state index in [1.165, 1.54) is 4.31 Å². The predicted octanol–water partition coefficient (Wildman–Crippen LogP) is 4.24. The molecule has 1 fully saturated rings. The summed E-state index contributed by atoms with van der Waals surface area (Å²) in [6, 6.07) is 14.1. The van der Waals surface area contributed by atoms with Crippen molar-refractivity contribution in [2.45, 2.75) is 24.7 Å². The van der Waals surface area contributed by atoms with Crippen LogP contribution in [0.3, 0.4) is 0 Å². The molecule has 0 radical (unpaired) electrons. The van der Waals surface area contributed by atoms with E-state index in [2.05, 4.69) is 10.3 Å². The predicted molar refractivity (Wildman–Crippen MR) is 118 cm³/mol. The van der Waals surface area contributed by atoms with Crippen molar-refractivity contribution >= 4 is 44.1 Å². The van der Waals surface area contributed by atoms with E-state index in [4.69, 9.17) is 11.6 Å². The summed E-state index contributed by atoms with van der Waals surface area (Å²) in [4.78, 5) is 17.2. The van der Waals surface area contributed by atoms with E-state index in [1.807, 2.05) is 25.1 Å². The number of benzene rings is 2. The monoisotopic (exact) mass is 443 g/mol. The number of carbonyl (C=O) groups excluding carboxylic acids is 1. The van der Waals surface area contributed by atoms with Gasteiger partial charge in [-0.3, -0.25) is 9.78 Å². The molecule has 156 valence electrons. The molecular weight excluding hydrogens is 422 g/mol. The molecule has 3 aromatic rings. The number of nitrogens with zero attached hydrogens (tertiary/aromatic N) is 2. The van der Waals surface area contributed by atoms with Gasteiger partial charge in [0.25, 0.3) is 0 Å². The van der Waals surface area contributed by atoms with Gasteiger partial charge in [-0.1, -0.05) is 35.9 Å². The van der Waals surface area contributed by atoms with Crippen LogP contribution in [0.1, 0.15) is 18.4 Å². The Labute approximate surface area is 180 Å². The molecule has 8 heteroatoms. The lowest BCUT2D eigenvalue weighted by Gasteiger charge is -2.31. The number of para-hydroxylation sites is 1. The molecule has 0 aliphatic carbocycles. The Kier molecular flexibility index (Phi) is 5.77. The van der Waals surface area contributed by atoms with E-state index in [1.54, 1.807) is 36.5 Å². The van der Waals surface area contributed by atoms with Gasteiger partial charge in [-0.15, -0.1) is 0 Å². The van der Waals surface area contributed by atoms with Crippen molar-refractivity contribution in [1.29, 1.82) is 0 Å². The Hall–Kier alpha value is -2.48. The van der Waals surface area contributed by atoms with E-state index < -0.39 is 15.9 Å². The Morgan fingerprint density at radius 2 is 2.00 bits per heavy atom. The molecule has 1 amide bonds. The zero-order valence-corrected chi connectivity index (χ0v) is 18.1. The molecule has 30 heavy (non-hydrogen) atoms. The second kappa shape index (κ2) is 8.34. The number of pyridine rings is 1. The molecule has 0 spiro atoms. The summed E-state index contributed by atoms with van der Waals surface area (Å²) in [6.45, 7) is 2.41. The maximum Gasteiger partial charge on any atom is 0.245 e. The van der Waals surface area contributed by atoms with Gasteiger partial charge in [0.05, 0.1) is 11.4 Å². The molecule has 0 unspecified atom stereocenters. The first-order chi connectivity index (χ1) is 14.4. The highest BCUT2D eigenvalue weighted by molar-refractivity contribution is 7.89. The molecule has 1 N–H and O–H groups in total. The van der Waals surface area contributed by atoms with Gasteiger partial charge < -0.3 is 5.32 Å². The van der Waals surface area contributed by atoms with Crippen molar-refractivity contribution in [2.24, 2.45) is 5.92 Å². The summed E-state index contributed by atoms with van der Waals surface area (Å²) < 4.78 is 28.1. The van der Waals surface area contributed by atoms with Crippen molar-refractivity contribution in [1.82, 2.24) is 9.29 Å². The number of hydrogen-bond donors (Lipinski definition) is 1. The molecule has 1 atom stereocenters. The van der Waals surface area contributed by atoms with E-state index in [0.717, 1.165) is 10.9 Å². The number of rotatable bonds is 4. The maximum atomic E-state index is 13.3. The Balaban J connectivity index is 1.55. The molecule has 1 aliphatic heterocycles. The van der Waals surface area contributed by atoms with Crippen LogP contribution in [-0.2, 0) is 14.8 Å². The lowest BCUT2D eigenvalue weighted by atomic mass is 9.98. The summed E-state index contributed by atoms with van der Waals surface area (Å²) in [5.41, 5.74) is 1.98. The van der Waals surface area contributed by atoms with Crippen LogP contribution in [0.5, 0.6) is 0 Å². The minimum Gasteiger partial charge on any atom is -0.326 e. The minimum absolute atomic E-state index is 0.136. The molecule has 1 saturated heterocycles. The van der Waals surface area contributed by atoms with Crippen molar-refractivity contribution in [3.63, 3.8) is 0 Å². The van der Waals surface area contributed by atoms with Crippen LogP contribution in [-0.4, -0.2) is 36.7 Å². The van der Waals surface area contributed by atoms with Crippen molar-refractivity contribution in [3.8, 4) is 0 Å². The van der Waals surface area contributed by atoms with E-state index in [-0.39, 0.29) is 17.3 Å². The number of aromatic nitrogens is 1. The molecule has 4 rings (SSSR count). The maximum absolute atomic E-state index is 13.3. The first-order valence-electron chi connectivity index (χ1n) is 9.77. The first-order valence-corrected chi connectivity index (χ1v) is 11.6. The van der Waals surface area contributed by atoms with Crippen LogP contribution in [0.4, 0.5) is 5.69 Å². The number of hydrogen-bond acceptors (Lipinski definition) is 4. The highest BCUT2D eigenvalue weighted by Gasteiger charge is 2.34. The molecule has 0 bridgehead atoms. The number of piperidine rings is 1. The SMILES string of the molecule is Cc1ccc(NC(=O)[C@H]2CCCN(S(=O)(=O)c3cccc4cccnc34)C2)cc1Cl. The standard InChI is InChI=1S/C22H22ClN3O3S/c1-15-9-10-18(13-19(15)23)25-22(27)17-7-4-12-26(14-17)30(28,29)20-8-2-5-16-6-3-11-24-21(16)20/h2-3,5-6,8-11,13,17H,4,7,12,14H2,1H3,(H,25,27)/t17-/m0/s1. The van der Waals surface area contributed by atoms with Crippen molar-refractivity contribution < 1.29 is 13.2 Å². The van der Waals surface area contributed by atoms with Gasteiger partial charge in [-0.05, 0) is 49.6 Å². The summed E-state index contributed by atoms with van der Waals surface area (Å²) in [5.74, 6) is -0.637. The third-order valence-corrected chi connectivity index (χ3v) is 7.71. The highest BCUT2D eigenvalue weighted by atomic mass is 35.5. The largest absolute Gasteiger partial charge is 0.326 e. The third kappa shape index (κ3) is 4.05. The number of nitrogens with one attached hydrogen (secondary N) is 1. The van der Waals surface area contributed by atoms with Crippen LogP contribution in [0.25, 0.3) is 10.9 Å². The molecule has 0 saturated carbocycles. The number of halogens is 1. The van der Waals surface area contributed by atoms with Crippen LogP contribution in [0.2, 0.25) is 5.02 Å². The van der Waals surface area contributed by atoms with Crippen LogP contribution in [0, 0.1) is 12.8 Å². The van der Waals surface area contributed by atoms with Gasteiger partial charge in [0.15, 0.2) is 0 Å². The van der Waals surface area contributed by atoms with E-state index in [0.29, 0.717) is 35.6 Å². The Bertz CT molecular complexity index is 1210. The van der Waals surface area contributed by atoms with Gasteiger partial charge in [-0.2, -0.15) is 4.31 Å². The second-order valence-corrected chi connectivity index (χ2v) is 9.80. The lowest BCUT2D eigenvalue weighted by molar-refractivity contribution is -0.120. The highest BCUT2D eigenvalue weighted by Crippen LogP contribution is 2.29. The number of fused-ring (bicyclic) bond motifs is 1. The topological polar surface area (TPSA) is 79.4 Å². The third-order valence-electron chi connectivity index (χ3n) is 5.41. The van der Waals surface area contributed by atoms with Crippen LogP contribution >= 0.6 is 11.6 Å². The van der Waals surface area contributed by atoms with Crippen LogP contribution < -0.4 is 5.32 Å². The summed E-state index contributed by atoms with van der Waals surface area (Å²) in [5, 5.41) is 4.20. The van der Waals surface area contributed by atoms with E-state index >= 15 is 0 Å². The fourth-order valence-corrected chi connectivity index (χ4v) is 5.58. The Morgan fingerprint density at radius 1 is 1.20 bits per heavy atom. The average Bonchev–Trinajstić information content (AvgIpc) is 2.76. The number of amides is 1. The lowest BCUT2D eigenvalue weighted by Crippen LogP contribution is -2.43. The van der Waals surface area contributed by atoms with Gasteiger partial charge >= 0.3 is 0 Å². The minimum atomic E-state index is -3.77.